The van der Waals surface area contributed by atoms with Crippen LogP contribution in [-0.4, -0.2) is 18.3 Å². The van der Waals surface area contributed by atoms with Gasteiger partial charge in [-0.05, 0) is 35.7 Å². The van der Waals surface area contributed by atoms with Crippen LogP contribution in [0.15, 0.2) is 36.4 Å². The first-order valence-electron chi connectivity index (χ1n) is 9.47. The second-order valence-electron chi connectivity index (χ2n) is 6.88. The fraction of sp³-hybridized carbons (Fsp3) is 0.545. The fourth-order valence-corrected chi connectivity index (χ4v) is 3.06. The van der Waals surface area contributed by atoms with Gasteiger partial charge in [0, 0.05) is 0 Å². The van der Waals surface area contributed by atoms with Crippen LogP contribution in [0.4, 0.5) is 0 Å². The summed E-state index contributed by atoms with van der Waals surface area (Å²) >= 11 is 0. The maximum atomic E-state index is 8.65. The lowest BCUT2D eigenvalue weighted by molar-refractivity contribution is 0.201. The molecule has 0 amide bonds. The minimum Gasteiger partial charge on any atom is -0.491 e. The Morgan fingerprint density at radius 2 is 1.79 bits per heavy atom. The Morgan fingerprint density at radius 1 is 1.04 bits per heavy atom. The van der Waals surface area contributed by atoms with E-state index < -0.39 is 0 Å². The average molecular weight is 328 g/mol. The quantitative estimate of drug-likeness (QED) is 0.642. The highest BCUT2D eigenvalue weighted by Gasteiger charge is 2.15. The van der Waals surface area contributed by atoms with Crippen molar-refractivity contribution in [1.82, 2.24) is 0 Å². The summed E-state index contributed by atoms with van der Waals surface area (Å²) in [5, 5.41) is 11.0. The molecule has 0 radical (unpaired) electrons. The van der Waals surface area contributed by atoms with Gasteiger partial charge in [0.15, 0.2) is 0 Å². The largest absolute Gasteiger partial charge is 0.491 e. The highest BCUT2D eigenvalue weighted by atomic mass is 16.5. The Bertz CT molecular complexity index is 602. The van der Waals surface area contributed by atoms with Crippen LogP contribution in [0.25, 0.3) is 10.8 Å². The van der Waals surface area contributed by atoms with Crippen LogP contribution in [0.3, 0.4) is 0 Å². The molecule has 1 aliphatic carbocycles. The first-order valence-corrected chi connectivity index (χ1v) is 9.47. The summed E-state index contributed by atoms with van der Waals surface area (Å²) in [6.45, 7) is 4.75. The van der Waals surface area contributed by atoms with Crippen LogP contribution in [0.1, 0.15) is 57.4 Å². The zero-order chi connectivity index (χ0) is 17.2. The second kappa shape index (κ2) is 10.4. The number of ether oxygens (including phenoxy) is 1. The molecule has 0 spiro atoms. The third-order valence-corrected chi connectivity index (χ3v) is 4.77. The normalized spacial score (nSPS) is 14.0. The molecule has 2 aromatic rings. The third kappa shape index (κ3) is 6.16. The van der Waals surface area contributed by atoms with E-state index in [9.17, 15) is 0 Å². The van der Waals surface area contributed by atoms with E-state index in [4.69, 9.17) is 9.84 Å². The molecule has 24 heavy (non-hydrogen) atoms. The van der Waals surface area contributed by atoms with Gasteiger partial charge in [-0.25, -0.2) is 0 Å². The minimum absolute atomic E-state index is 0.0476. The van der Waals surface area contributed by atoms with Crippen molar-refractivity contribution in [1.29, 1.82) is 0 Å². The molecule has 3 rings (SSSR count). The van der Waals surface area contributed by atoms with Gasteiger partial charge in [0.25, 0.3) is 0 Å². The fourth-order valence-electron chi connectivity index (χ4n) is 3.06. The SMILES string of the molecule is CCCCCC1CCC1.Cc1ccc2cc(OCCO)ccc2c1. The molecule has 1 saturated carbocycles. The van der Waals surface area contributed by atoms with Gasteiger partial charge in [-0.2, -0.15) is 0 Å². The molecule has 2 heteroatoms. The van der Waals surface area contributed by atoms with Gasteiger partial charge >= 0.3 is 0 Å². The zero-order valence-electron chi connectivity index (χ0n) is 15.3. The molecule has 132 valence electrons. The maximum Gasteiger partial charge on any atom is 0.120 e. The van der Waals surface area contributed by atoms with E-state index in [1.54, 1.807) is 0 Å². The van der Waals surface area contributed by atoms with Crippen molar-refractivity contribution in [2.75, 3.05) is 13.2 Å². The topological polar surface area (TPSA) is 29.5 Å². The molecule has 0 aliphatic heterocycles. The lowest BCUT2D eigenvalue weighted by Crippen LogP contribution is -2.10. The Kier molecular flexibility index (Phi) is 8.11. The lowest BCUT2D eigenvalue weighted by Gasteiger charge is -2.24. The van der Waals surface area contributed by atoms with Crippen molar-refractivity contribution in [2.24, 2.45) is 5.92 Å². The van der Waals surface area contributed by atoms with Gasteiger partial charge in [-0.1, -0.05) is 81.7 Å². The molecule has 1 N–H and O–H groups in total. The van der Waals surface area contributed by atoms with E-state index in [-0.39, 0.29) is 6.61 Å². The van der Waals surface area contributed by atoms with Gasteiger partial charge in [-0.3, -0.25) is 0 Å². The predicted molar refractivity (Wildman–Crippen MR) is 103 cm³/mol. The number of hydrogen-bond acceptors (Lipinski definition) is 2. The molecule has 1 fully saturated rings. The molecule has 0 atom stereocenters. The molecule has 0 unspecified atom stereocenters. The van der Waals surface area contributed by atoms with Crippen LogP contribution in [-0.2, 0) is 0 Å². The number of unbranched alkanes of at least 4 members (excludes halogenated alkanes) is 2. The Hall–Kier alpha value is -1.54. The minimum atomic E-state index is 0.0476. The average Bonchev–Trinajstić information content (AvgIpc) is 2.56. The number of aliphatic hydroxyl groups is 1. The molecule has 1 aliphatic rings. The molecule has 2 aromatic carbocycles. The van der Waals surface area contributed by atoms with Gasteiger partial charge in [-0.15, -0.1) is 0 Å². The van der Waals surface area contributed by atoms with Gasteiger partial charge < -0.3 is 9.84 Å². The zero-order valence-corrected chi connectivity index (χ0v) is 15.3. The van der Waals surface area contributed by atoms with Crippen molar-refractivity contribution in [3.63, 3.8) is 0 Å². The summed E-state index contributed by atoms with van der Waals surface area (Å²) in [5.41, 5.74) is 1.26. The first-order chi connectivity index (χ1) is 11.7. The third-order valence-electron chi connectivity index (χ3n) is 4.77. The maximum absolute atomic E-state index is 8.65. The molecule has 0 heterocycles. The summed E-state index contributed by atoms with van der Waals surface area (Å²) < 4.78 is 5.34. The van der Waals surface area contributed by atoms with Crippen molar-refractivity contribution in [3.8, 4) is 5.75 Å². The molecular formula is C22H32O2. The molecular weight excluding hydrogens is 296 g/mol. The number of benzene rings is 2. The van der Waals surface area contributed by atoms with E-state index in [1.807, 2.05) is 18.2 Å². The van der Waals surface area contributed by atoms with Crippen LogP contribution in [0.5, 0.6) is 5.75 Å². The van der Waals surface area contributed by atoms with Crippen molar-refractivity contribution >= 4 is 10.8 Å². The first kappa shape index (κ1) is 18.8. The second-order valence-corrected chi connectivity index (χ2v) is 6.88. The monoisotopic (exact) mass is 328 g/mol. The molecule has 2 nitrogen and oxygen atoms in total. The van der Waals surface area contributed by atoms with Crippen LogP contribution >= 0.6 is 0 Å². The summed E-state index contributed by atoms with van der Waals surface area (Å²) in [5.74, 6) is 1.94. The molecule has 0 bridgehead atoms. The summed E-state index contributed by atoms with van der Waals surface area (Å²) in [7, 11) is 0. The van der Waals surface area contributed by atoms with E-state index in [1.165, 1.54) is 55.9 Å². The van der Waals surface area contributed by atoms with Crippen LogP contribution in [0.2, 0.25) is 0 Å². The number of fused-ring (bicyclic) bond motifs is 1. The van der Waals surface area contributed by atoms with E-state index in [2.05, 4.69) is 32.0 Å². The highest BCUT2D eigenvalue weighted by molar-refractivity contribution is 5.84. The van der Waals surface area contributed by atoms with Crippen molar-refractivity contribution in [2.45, 2.75) is 58.8 Å². The number of aliphatic hydroxyl groups excluding tert-OH is 1. The van der Waals surface area contributed by atoms with E-state index in [0.717, 1.165) is 17.1 Å². The smallest absolute Gasteiger partial charge is 0.120 e. The molecule has 0 aromatic heterocycles. The standard InChI is InChI=1S/C13H14O2.C9H18/c1-10-2-3-12-9-13(15-7-6-14)5-4-11(12)8-10;1-2-3-4-6-9-7-5-8-9/h2-5,8-9,14H,6-7H2,1H3;9H,2-8H2,1H3. The van der Waals surface area contributed by atoms with E-state index in [0.29, 0.717) is 6.61 Å². The number of aryl methyl sites for hydroxylation is 1. The Labute approximate surface area is 146 Å². The summed E-state index contributed by atoms with van der Waals surface area (Å²) in [4.78, 5) is 0. The predicted octanol–water partition coefficient (Wildman–Crippen LogP) is 5.89. The van der Waals surface area contributed by atoms with Gasteiger partial charge in [0.1, 0.15) is 12.4 Å². The number of hydrogen-bond donors (Lipinski definition) is 1. The molecule has 0 saturated heterocycles. The Balaban J connectivity index is 0.000000198. The van der Waals surface area contributed by atoms with Crippen LogP contribution in [0, 0.1) is 12.8 Å². The van der Waals surface area contributed by atoms with Gasteiger partial charge in [0.2, 0.25) is 0 Å². The summed E-state index contributed by atoms with van der Waals surface area (Å²) in [6, 6.07) is 12.3. The summed E-state index contributed by atoms with van der Waals surface area (Å²) in [6.07, 6.45) is 10.4. The van der Waals surface area contributed by atoms with Crippen molar-refractivity contribution < 1.29 is 9.84 Å². The van der Waals surface area contributed by atoms with Gasteiger partial charge in [0.05, 0.1) is 6.61 Å². The van der Waals surface area contributed by atoms with E-state index >= 15 is 0 Å². The van der Waals surface area contributed by atoms with Crippen LogP contribution < -0.4 is 4.74 Å². The Morgan fingerprint density at radius 3 is 2.46 bits per heavy atom. The number of rotatable bonds is 7. The van der Waals surface area contributed by atoms with Crippen molar-refractivity contribution in [3.05, 3.63) is 42.0 Å². The lowest BCUT2D eigenvalue weighted by atomic mass is 9.82. The highest BCUT2D eigenvalue weighted by Crippen LogP contribution is 2.30.